The number of thiophene rings is 1. The van der Waals surface area contributed by atoms with E-state index in [9.17, 15) is 19.7 Å². The van der Waals surface area contributed by atoms with E-state index in [1.54, 1.807) is 18.5 Å². The molecule has 0 saturated carbocycles. The molecule has 1 aliphatic rings. The average Bonchev–Trinajstić information content (AvgIpc) is 2.90. The summed E-state index contributed by atoms with van der Waals surface area (Å²) in [6.45, 7) is 1.30. The van der Waals surface area contributed by atoms with Crippen molar-refractivity contribution in [2.45, 2.75) is 6.92 Å². The van der Waals surface area contributed by atoms with Gasteiger partial charge in [-0.25, -0.2) is 0 Å². The van der Waals surface area contributed by atoms with Gasteiger partial charge in [0.1, 0.15) is 5.70 Å². The standard InChI is InChI=1S/C11H10N4O4S/c1-6(16)12-11-13-9(17)8(14(11)2)5-7-3-4-20-10(7)15(18)19/h3-5H,1-2H3,(H,12,13,16,17)/b8-5-. The summed E-state index contributed by atoms with van der Waals surface area (Å²) in [6.07, 6.45) is 1.38. The lowest BCUT2D eigenvalue weighted by Gasteiger charge is -2.14. The number of nitro groups is 1. The zero-order valence-electron chi connectivity index (χ0n) is 10.6. The van der Waals surface area contributed by atoms with Gasteiger partial charge in [-0.3, -0.25) is 25.0 Å². The van der Waals surface area contributed by atoms with E-state index < -0.39 is 10.8 Å². The van der Waals surface area contributed by atoms with Gasteiger partial charge in [0.15, 0.2) is 0 Å². The molecule has 2 heterocycles. The first-order valence-corrected chi connectivity index (χ1v) is 6.36. The highest BCUT2D eigenvalue weighted by molar-refractivity contribution is 7.13. The molecule has 0 saturated heterocycles. The lowest BCUT2D eigenvalue weighted by molar-refractivity contribution is -0.380. The van der Waals surface area contributed by atoms with E-state index in [0.29, 0.717) is 5.56 Å². The molecule has 0 atom stereocenters. The van der Waals surface area contributed by atoms with Crippen molar-refractivity contribution in [3.8, 4) is 0 Å². The van der Waals surface area contributed by atoms with Crippen molar-refractivity contribution in [1.82, 2.24) is 10.2 Å². The van der Waals surface area contributed by atoms with Gasteiger partial charge >= 0.3 is 5.00 Å². The van der Waals surface area contributed by atoms with Gasteiger partial charge in [0.25, 0.3) is 5.91 Å². The molecule has 20 heavy (non-hydrogen) atoms. The van der Waals surface area contributed by atoms with Crippen LogP contribution in [0, 0.1) is 10.1 Å². The predicted octanol–water partition coefficient (Wildman–Crippen LogP) is 0.961. The van der Waals surface area contributed by atoms with E-state index >= 15 is 0 Å². The fraction of sp³-hybridized carbons (Fsp3) is 0.182. The van der Waals surface area contributed by atoms with E-state index in [2.05, 4.69) is 10.3 Å². The van der Waals surface area contributed by atoms with E-state index in [0.717, 1.165) is 11.3 Å². The lowest BCUT2D eigenvalue weighted by atomic mass is 10.2. The number of rotatable bonds is 2. The van der Waals surface area contributed by atoms with Crippen LogP contribution in [-0.2, 0) is 9.59 Å². The van der Waals surface area contributed by atoms with Crippen molar-refractivity contribution in [3.63, 3.8) is 0 Å². The number of hydrogen-bond acceptors (Lipinski definition) is 6. The molecule has 0 unspecified atom stereocenters. The molecule has 104 valence electrons. The minimum absolute atomic E-state index is 0.0494. The third kappa shape index (κ3) is 2.57. The molecule has 1 aromatic heterocycles. The zero-order valence-corrected chi connectivity index (χ0v) is 11.4. The summed E-state index contributed by atoms with van der Waals surface area (Å²) < 4.78 is 0. The SMILES string of the molecule is CC(=O)NC1=NC(=O)/C(=C/c2ccsc2[N+](=O)[O-])N1C. The molecule has 0 radical (unpaired) electrons. The number of carbonyl (C=O) groups excluding carboxylic acids is 2. The van der Waals surface area contributed by atoms with Crippen LogP contribution in [0.4, 0.5) is 5.00 Å². The second kappa shape index (κ2) is 5.21. The van der Waals surface area contributed by atoms with Gasteiger partial charge in [-0.2, -0.15) is 4.99 Å². The smallest absolute Gasteiger partial charge is 0.310 e. The number of likely N-dealkylation sites (N-methyl/N-ethyl adjacent to an activating group) is 1. The zero-order chi connectivity index (χ0) is 14.9. The quantitative estimate of drug-likeness (QED) is 0.497. The van der Waals surface area contributed by atoms with Gasteiger partial charge < -0.3 is 4.90 Å². The summed E-state index contributed by atoms with van der Waals surface area (Å²) in [4.78, 5) is 38.1. The summed E-state index contributed by atoms with van der Waals surface area (Å²) >= 11 is 0.974. The van der Waals surface area contributed by atoms with Crippen LogP contribution >= 0.6 is 11.3 Å². The number of amides is 2. The molecule has 1 aliphatic heterocycles. The first kappa shape index (κ1) is 13.9. The Balaban J connectivity index is 2.33. The van der Waals surface area contributed by atoms with Crippen LogP contribution in [0.25, 0.3) is 6.08 Å². The second-order valence-electron chi connectivity index (χ2n) is 3.95. The van der Waals surface area contributed by atoms with Crippen LogP contribution in [0.1, 0.15) is 12.5 Å². The Morgan fingerprint density at radius 3 is 2.90 bits per heavy atom. The van der Waals surface area contributed by atoms with Crippen molar-refractivity contribution >= 4 is 40.2 Å². The summed E-state index contributed by atoms with van der Waals surface area (Å²) in [5.74, 6) is -0.811. The van der Waals surface area contributed by atoms with Gasteiger partial charge in [0.2, 0.25) is 11.9 Å². The highest BCUT2D eigenvalue weighted by atomic mass is 32.1. The van der Waals surface area contributed by atoms with E-state index in [1.165, 1.54) is 17.9 Å². The number of nitrogens with one attached hydrogen (secondary N) is 1. The second-order valence-corrected chi connectivity index (χ2v) is 4.84. The molecule has 1 aromatic rings. The molecule has 9 heteroatoms. The molecule has 0 bridgehead atoms. The molecule has 0 spiro atoms. The van der Waals surface area contributed by atoms with Crippen LogP contribution in [0.3, 0.4) is 0 Å². The predicted molar refractivity (Wildman–Crippen MR) is 73.0 cm³/mol. The topological polar surface area (TPSA) is 105 Å². The molecule has 0 aliphatic carbocycles. The monoisotopic (exact) mass is 294 g/mol. The molecule has 2 rings (SSSR count). The number of nitrogens with zero attached hydrogens (tertiary/aromatic N) is 3. The highest BCUT2D eigenvalue weighted by Crippen LogP contribution is 2.29. The third-order valence-electron chi connectivity index (χ3n) is 2.53. The van der Waals surface area contributed by atoms with Crippen LogP contribution in [0.2, 0.25) is 0 Å². The maximum Gasteiger partial charge on any atom is 0.331 e. The Bertz CT molecular complexity index is 661. The van der Waals surface area contributed by atoms with E-state index in [1.807, 2.05) is 0 Å². The Kier molecular flexibility index (Phi) is 3.61. The maximum atomic E-state index is 11.8. The van der Waals surface area contributed by atoms with Crippen molar-refractivity contribution in [2.24, 2.45) is 4.99 Å². The summed E-state index contributed by atoms with van der Waals surface area (Å²) in [6, 6.07) is 1.55. The van der Waals surface area contributed by atoms with Crippen LogP contribution in [0.5, 0.6) is 0 Å². The summed E-state index contributed by atoms with van der Waals surface area (Å²) in [5.41, 5.74) is 0.490. The lowest BCUT2D eigenvalue weighted by Crippen LogP contribution is -2.37. The number of hydrogen-bond donors (Lipinski definition) is 1. The fourth-order valence-corrected chi connectivity index (χ4v) is 2.32. The normalized spacial score (nSPS) is 16.5. The Morgan fingerprint density at radius 1 is 1.60 bits per heavy atom. The van der Waals surface area contributed by atoms with Gasteiger partial charge in [-0.1, -0.05) is 11.3 Å². The van der Waals surface area contributed by atoms with Crippen LogP contribution in [-0.4, -0.2) is 34.6 Å². The first-order chi connectivity index (χ1) is 9.40. The van der Waals surface area contributed by atoms with Crippen molar-refractivity contribution in [1.29, 1.82) is 0 Å². The maximum absolute atomic E-state index is 11.8. The minimum atomic E-state index is -0.559. The molecule has 2 amide bonds. The molecular weight excluding hydrogens is 284 g/mol. The van der Waals surface area contributed by atoms with Crippen molar-refractivity contribution in [2.75, 3.05) is 7.05 Å². The minimum Gasteiger partial charge on any atom is -0.310 e. The van der Waals surface area contributed by atoms with Gasteiger partial charge in [0, 0.05) is 14.0 Å². The number of guanidine groups is 1. The van der Waals surface area contributed by atoms with Crippen LogP contribution in [0.15, 0.2) is 22.1 Å². The molecular formula is C11H10N4O4S. The van der Waals surface area contributed by atoms with Crippen molar-refractivity contribution in [3.05, 3.63) is 32.8 Å². The third-order valence-corrected chi connectivity index (χ3v) is 3.41. The van der Waals surface area contributed by atoms with Crippen LogP contribution < -0.4 is 5.32 Å². The Hall–Kier alpha value is -2.55. The number of aliphatic imine (C=N–C) groups is 1. The van der Waals surface area contributed by atoms with E-state index in [-0.39, 0.29) is 22.6 Å². The highest BCUT2D eigenvalue weighted by Gasteiger charge is 2.28. The summed E-state index contributed by atoms with van der Waals surface area (Å²) in [7, 11) is 1.55. The molecule has 1 N–H and O–H groups in total. The first-order valence-electron chi connectivity index (χ1n) is 5.48. The molecule has 0 fully saturated rings. The van der Waals surface area contributed by atoms with Gasteiger partial charge in [-0.05, 0) is 17.5 Å². The summed E-state index contributed by atoms with van der Waals surface area (Å²) in [5, 5.41) is 14.8. The van der Waals surface area contributed by atoms with Gasteiger partial charge in [-0.15, -0.1) is 0 Å². The fourth-order valence-electron chi connectivity index (χ4n) is 1.63. The average molecular weight is 294 g/mol. The number of carbonyl (C=O) groups is 2. The molecule has 0 aromatic carbocycles. The Labute approximate surface area is 117 Å². The van der Waals surface area contributed by atoms with Crippen molar-refractivity contribution < 1.29 is 14.5 Å². The van der Waals surface area contributed by atoms with E-state index in [4.69, 9.17) is 0 Å². The molecule has 8 nitrogen and oxygen atoms in total. The van der Waals surface area contributed by atoms with Gasteiger partial charge in [0.05, 0.1) is 10.5 Å². The Morgan fingerprint density at radius 2 is 2.30 bits per heavy atom. The largest absolute Gasteiger partial charge is 0.331 e.